The van der Waals surface area contributed by atoms with Crippen molar-refractivity contribution in [2.45, 2.75) is 39.7 Å². The van der Waals surface area contributed by atoms with Crippen LogP contribution in [0.1, 0.15) is 43.9 Å². The molecule has 17 heavy (non-hydrogen) atoms. The highest BCUT2D eigenvalue weighted by atomic mass is 32.1. The predicted octanol–water partition coefficient (Wildman–Crippen LogP) is 2.29. The molecule has 0 bridgehead atoms. The third-order valence-corrected chi connectivity index (χ3v) is 3.56. The van der Waals surface area contributed by atoms with E-state index in [1.165, 1.54) is 7.11 Å². The summed E-state index contributed by atoms with van der Waals surface area (Å²) in [6.07, 6.45) is 0.977. The van der Waals surface area contributed by atoms with Gasteiger partial charge in [-0.25, -0.2) is 4.98 Å². The number of carbonyl (C=O) groups excluding carboxylic acids is 1. The summed E-state index contributed by atoms with van der Waals surface area (Å²) in [4.78, 5) is 15.5. The number of carbonyl (C=O) groups is 1. The summed E-state index contributed by atoms with van der Waals surface area (Å²) in [6.45, 7) is 6.27. The minimum Gasteiger partial charge on any atom is -0.469 e. The van der Waals surface area contributed by atoms with Gasteiger partial charge in [-0.05, 0) is 5.41 Å². The fourth-order valence-corrected chi connectivity index (χ4v) is 2.38. The van der Waals surface area contributed by atoms with E-state index in [9.17, 15) is 4.79 Å². The number of esters is 1. The van der Waals surface area contributed by atoms with Crippen LogP contribution in [0.25, 0.3) is 0 Å². The summed E-state index contributed by atoms with van der Waals surface area (Å²) in [6, 6.07) is -0.0700. The molecule has 0 saturated carbocycles. The topological polar surface area (TPSA) is 65.2 Å². The van der Waals surface area contributed by atoms with Crippen molar-refractivity contribution in [2.24, 2.45) is 11.1 Å². The first-order valence-corrected chi connectivity index (χ1v) is 6.49. The zero-order valence-corrected chi connectivity index (χ0v) is 11.6. The van der Waals surface area contributed by atoms with Gasteiger partial charge >= 0.3 is 5.97 Å². The Labute approximate surface area is 106 Å². The highest BCUT2D eigenvalue weighted by Gasteiger charge is 2.24. The van der Waals surface area contributed by atoms with Gasteiger partial charge in [-0.15, -0.1) is 11.3 Å². The van der Waals surface area contributed by atoms with Gasteiger partial charge in [0.1, 0.15) is 5.01 Å². The monoisotopic (exact) mass is 256 g/mol. The van der Waals surface area contributed by atoms with Crippen molar-refractivity contribution >= 4 is 17.3 Å². The number of methoxy groups -OCH3 is 1. The molecule has 0 amide bonds. The van der Waals surface area contributed by atoms with Crippen LogP contribution in [0.4, 0.5) is 0 Å². The van der Waals surface area contributed by atoms with Gasteiger partial charge in [0.2, 0.25) is 0 Å². The van der Waals surface area contributed by atoms with Gasteiger partial charge < -0.3 is 10.5 Å². The molecule has 0 aliphatic carbocycles. The molecule has 1 aromatic rings. The molecule has 1 atom stereocenters. The Kier molecular flexibility index (Phi) is 4.65. The van der Waals surface area contributed by atoms with E-state index < -0.39 is 0 Å². The van der Waals surface area contributed by atoms with E-state index in [4.69, 9.17) is 5.73 Å². The molecule has 1 aromatic heterocycles. The first kappa shape index (κ1) is 14.1. The Balaban J connectivity index is 2.62. The molecular weight excluding hydrogens is 236 g/mol. The second-order valence-electron chi connectivity index (χ2n) is 5.10. The quantitative estimate of drug-likeness (QED) is 0.839. The number of aryl methyl sites for hydroxylation is 1. The zero-order valence-electron chi connectivity index (χ0n) is 10.8. The number of hydrogen-bond acceptors (Lipinski definition) is 5. The molecule has 1 heterocycles. The van der Waals surface area contributed by atoms with Crippen molar-refractivity contribution in [3.05, 3.63) is 16.1 Å². The number of nitrogens with zero attached hydrogens (tertiary/aromatic N) is 1. The summed E-state index contributed by atoms with van der Waals surface area (Å²) in [7, 11) is 1.39. The van der Waals surface area contributed by atoms with Crippen LogP contribution in [-0.2, 0) is 16.0 Å². The molecule has 5 heteroatoms. The fraction of sp³-hybridized carbons (Fsp3) is 0.667. The molecule has 1 unspecified atom stereocenters. The Morgan fingerprint density at radius 2 is 2.24 bits per heavy atom. The van der Waals surface area contributed by atoms with E-state index >= 15 is 0 Å². The minimum atomic E-state index is -0.209. The van der Waals surface area contributed by atoms with Crippen molar-refractivity contribution in [1.29, 1.82) is 0 Å². The van der Waals surface area contributed by atoms with Crippen molar-refractivity contribution in [2.75, 3.05) is 7.11 Å². The van der Waals surface area contributed by atoms with Crippen LogP contribution in [0.15, 0.2) is 5.38 Å². The Morgan fingerprint density at radius 3 is 2.76 bits per heavy atom. The van der Waals surface area contributed by atoms with Gasteiger partial charge in [-0.3, -0.25) is 4.79 Å². The van der Waals surface area contributed by atoms with Gasteiger partial charge in [-0.2, -0.15) is 0 Å². The van der Waals surface area contributed by atoms with Crippen LogP contribution in [0.5, 0.6) is 0 Å². The van der Waals surface area contributed by atoms with Crippen molar-refractivity contribution in [1.82, 2.24) is 4.98 Å². The lowest BCUT2D eigenvalue weighted by Crippen LogP contribution is -2.26. The highest BCUT2D eigenvalue weighted by Crippen LogP contribution is 2.32. The maximum absolute atomic E-state index is 11.0. The molecule has 1 rings (SSSR count). The number of ether oxygens (including phenoxy) is 1. The fourth-order valence-electron chi connectivity index (χ4n) is 1.28. The molecule has 0 radical (unpaired) electrons. The SMILES string of the molecule is COC(=O)CCc1csc(C(N)C(C)(C)C)n1. The molecule has 0 aliphatic heterocycles. The molecule has 96 valence electrons. The minimum absolute atomic E-state index is 0.00251. The normalized spacial score (nSPS) is 13.5. The largest absolute Gasteiger partial charge is 0.469 e. The summed E-state index contributed by atoms with van der Waals surface area (Å²) < 4.78 is 4.59. The third kappa shape index (κ3) is 4.09. The van der Waals surface area contributed by atoms with E-state index in [0.717, 1.165) is 10.7 Å². The summed E-state index contributed by atoms with van der Waals surface area (Å²) in [5.74, 6) is -0.209. The van der Waals surface area contributed by atoms with E-state index in [1.807, 2.05) is 5.38 Å². The Hall–Kier alpha value is -0.940. The third-order valence-electron chi connectivity index (χ3n) is 2.58. The average molecular weight is 256 g/mol. The second kappa shape index (κ2) is 5.60. The molecule has 0 aromatic carbocycles. The number of nitrogens with two attached hydrogens (primary N) is 1. The lowest BCUT2D eigenvalue weighted by Gasteiger charge is -2.24. The molecule has 0 spiro atoms. The van der Waals surface area contributed by atoms with E-state index in [0.29, 0.717) is 12.8 Å². The molecule has 4 nitrogen and oxygen atoms in total. The smallest absolute Gasteiger partial charge is 0.305 e. The first-order chi connectivity index (χ1) is 7.84. The summed E-state index contributed by atoms with van der Waals surface area (Å²) >= 11 is 1.56. The van der Waals surface area contributed by atoms with Crippen molar-refractivity contribution < 1.29 is 9.53 Å². The predicted molar refractivity (Wildman–Crippen MR) is 68.8 cm³/mol. The Bertz CT molecular complexity index is 382. The number of hydrogen-bond donors (Lipinski definition) is 1. The molecular formula is C12H20N2O2S. The molecule has 0 saturated heterocycles. The van der Waals surface area contributed by atoms with Crippen LogP contribution in [0.2, 0.25) is 0 Å². The molecule has 0 fully saturated rings. The lowest BCUT2D eigenvalue weighted by atomic mass is 9.88. The summed E-state index contributed by atoms with van der Waals surface area (Å²) in [5.41, 5.74) is 7.03. The standard InChI is InChI=1S/C12H20N2O2S/c1-12(2,3)10(13)11-14-8(7-17-11)5-6-9(15)16-4/h7,10H,5-6,13H2,1-4H3. The van der Waals surface area contributed by atoms with Crippen LogP contribution in [0, 0.1) is 5.41 Å². The highest BCUT2D eigenvalue weighted by molar-refractivity contribution is 7.09. The van der Waals surface area contributed by atoms with Gasteiger partial charge in [0.15, 0.2) is 0 Å². The van der Waals surface area contributed by atoms with E-state index in [1.54, 1.807) is 11.3 Å². The van der Waals surface area contributed by atoms with E-state index in [-0.39, 0.29) is 17.4 Å². The van der Waals surface area contributed by atoms with Crippen LogP contribution < -0.4 is 5.73 Å². The number of rotatable bonds is 4. The Morgan fingerprint density at radius 1 is 1.59 bits per heavy atom. The molecule has 2 N–H and O–H groups in total. The van der Waals surface area contributed by atoms with Gasteiger partial charge in [0.05, 0.1) is 25.3 Å². The van der Waals surface area contributed by atoms with Crippen LogP contribution in [0.3, 0.4) is 0 Å². The number of aromatic nitrogens is 1. The zero-order chi connectivity index (χ0) is 13.1. The van der Waals surface area contributed by atoms with Gasteiger partial charge in [-0.1, -0.05) is 20.8 Å². The number of thiazole rings is 1. The van der Waals surface area contributed by atoms with Crippen LogP contribution in [-0.4, -0.2) is 18.1 Å². The van der Waals surface area contributed by atoms with Crippen molar-refractivity contribution in [3.8, 4) is 0 Å². The first-order valence-electron chi connectivity index (χ1n) is 5.61. The van der Waals surface area contributed by atoms with Gasteiger partial charge in [0.25, 0.3) is 0 Å². The lowest BCUT2D eigenvalue weighted by molar-refractivity contribution is -0.140. The van der Waals surface area contributed by atoms with E-state index in [2.05, 4.69) is 30.5 Å². The van der Waals surface area contributed by atoms with Crippen molar-refractivity contribution in [3.63, 3.8) is 0 Å². The molecule has 0 aliphatic rings. The average Bonchev–Trinajstić information content (AvgIpc) is 2.71. The summed E-state index contributed by atoms with van der Waals surface area (Å²) in [5, 5.41) is 2.89. The maximum Gasteiger partial charge on any atom is 0.305 e. The van der Waals surface area contributed by atoms with Gasteiger partial charge in [0, 0.05) is 11.8 Å². The van der Waals surface area contributed by atoms with Crippen LogP contribution >= 0.6 is 11.3 Å². The maximum atomic E-state index is 11.0. The second-order valence-corrected chi connectivity index (χ2v) is 5.99.